The van der Waals surface area contributed by atoms with Crippen molar-refractivity contribution in [2.24, 2.45) is 22.2 Å². The lowest BCUT2D eigenvalue weighted by Gasteiger charge is -2.30. The Kier molecular flexibility index (Phi) is 13.6. The fraction of sp³-hybridized carbons (Fsp3) is 0.538. The number of carbonyl (C=O) groups is 5. The Bertz CT molecular complexity index is 1110. The number of aliphatic hydroxyl groups is 2. The standard InChI is InChI=1S/C26H40N8O8/c27-16(12-15-6-2-1-3-7-15)21(37)31-17(8-4-10-30-26(28)29)24(40)34-11-5-9-20(34)23(39)32-18(13-35)22(38)33-19(14-36)25(41)42/h1-3,6-7,16-20,35-36H,4-5,8-14,27H2,(H,31,37)(H,32,39)(H,33,38)(H,41,42)(H4,28,29,30)/t16-,17-,18-,19-,20-/m0/s1. The molecule has 0 bridgehead atoms. The zero-order chi connectivity index (χ0) is 31.2. The Morgan fingerprint density at radius 2 is 1.60 bits per heavy atom. The molecule has 12 N–H and O–H groups in total. The summed E-state index contributed by atoms with van der Waals surface area (Å²) in [4.78, 5) is 68.4. The van der Waals surface area contributed by atoms with E-state index in [0.717, 1.165) is 5.56 Å². The number of guanidine groups is 1. The molecule has 4 amide bonds. The number of likely N-dealkylation sites (tertiary alicyclic amines) is 1. The van der Waals surface area contributed by atoms with E-state index in [-0.39, 0.29) is 38.3 Å². The number of nitrogens with one attached hydrogen (secondary N) is 3. The first-order valence-electron chi connectivity index (χ1n) is 13.5. The predicted molar refractivity (Wildman–Crippen MR) is 150 cm³/mol. The number of nitrogens with zero attached hydrogens (tertiary/aromatic N) is 2. The summed E-state index contributed by atoms with van der Waals surface area (Å²) in [6.07, 6.45) is 1.40. The van der Waals surface area contributed by atoms with E-state index in [1.54, 1.807) is 0 Å². The Balaban J connectivity index is 2.13. The van der Waals surface area contributed by atoms with Gasteiger partial charge in [-0.2, -0.15) is 0 Å². The van der Waals surface area contributed by atoms with Gasteiger partial charge in [-0.25, -0.2) is 4.79 Å². The van der Waals surface area contributed by atoms with Crippen molar-refractivity contribution < 1.29 is 39.3 Å². The number of nitrogens with two attached hydrogens (primary N) is 3. The zero-order valence-electron chi connectivity index (χ0n) is 23.1. The molecular formula is C26H40N8O8. The second-order valence-corrected chi connectivity index (χ2v) is 9.82. The van der Waals surface area contributed by atoms with Gasteiger partial charge in [-0.05, 0) is 37.7 Å². The Hall–Kier alpha value is -4.28. The molecule has 232 valence electrons. The molecule has 1 aromatic rings. The first-order valence-corrected chi connectivity index (χ1v) is 13.5. The van der Waals surface area contributed by atoms with Gasteiger partial charge in [-0.15, -0.1) is 0 Å². The number of aliphatic carboxylic acids is 1. The van der Waals surface area contributed by atoms with E-state index in [1.165, 1.54) is 4.90 Å². The van der Waals surface area contributed by atoms with Gasteiger partial charge in [-0.1, -0.05) is 30.3 Å². The van der Waals surface area contributed by atoms with E-state index in [9.17, 15) is 29.1 Å². The van der Waals surface area contributed by atoms with E-state index in [2.05, 4.69) is 15.6 Å². The van der Waals surface area contributed by atoms with Crippen molar-refractivity contribution in [2.75, 3.05) is 26.3 Å². The Morgan fingerprint density at radius 1 is 0.952 bits per heavy atom. The number of hydrogen-bond acceptors (Lipinski definition) is 9. The first-order chi connectivity index (χ1) is 20.0. The number of hydrogen-bond donors (Lipinski definition) is 9. The quantitative estimate of drug-likeness (QED) is 0.0508. The Labute approximate surface area is 242 Å². The average Bonchev–Trinajstić information content (AvgIpc) is 3.46. The van der Waals surface area contributed by atoms with Crippen molar-refractivity contribution in [3.63, 3.8) is 0 Å². The van der Waals surface area contributed by atoms with Crippen LogP contribution in [0.4, 0.5) is 0 Å². The van der Waals surface area contributed by atoms with Gasteiger partial charge in [0.1, 0.15) is 24.2 Å². The summed E-state index contributed by atoms with van der Waals surface area (Å²) in [6, 6.07) is 2.92. The molecule has 2 rings (SSSR count). The molecule has 1 aliphatic rings. The van der Waals surface area contributed by atoms with Gasteiger partial charge < -0.3 is 53.4 Å². The molecule has 0 aromatic heterocycles. The summed E-state index contributed by atoms with van der Waals surface area (Å²) in [6.45, 7) is -1.38. The third-order valence-electron chi connectivity index (χ3n) is 6.65. The molecule has 0 spiro atoms. The van der Waals surface area contributed by atoms with E-state index in [1.807, 2.05) is 35.6 Å². The third kappa shape index (κ3) is 10.3. The molecule has 0 aliphatic carbocycles. The maximum absolute atomic E-state index is 13.6. The highest BCUT2D eigenvalue weighted by Crippen LogP contribution is 2.20. The van der Waals surface area contributed by atoms with Gasteiger partial charge >= 0.3 is 5.97 Å². The summed E-state index contributed by atoms with van der Waals surface area (Å²) >= 11 is 0. The predicted octanol–water partition coefficient (Wildman–Crippen LogP) is -3.88. The lowest BCUT2D eigenvalue weighted by atomic mass is 10.0. The summed E-state index contributed by atoms with van der Waals surface area (Å²) in [5.74, 6) is -4.52. The largest absolute Gasteiger partial charge is 0.480 e. The fourth-order valence-corrected chi connectivity index (χ4v) is 4.42. The second kappa shape index (κ2) is 16.9. The molecule has 0 unspecified atom stereocenters. The van der Waals surface area contributed by atoms with Crippen LogP contribution in [-0.2, 0) is 30.4 Å². The highest BCUT2D eigenvalue weighted by molar-refractivity contribution is 5.95. The summed E-state index contributed by atoms with van der Waals surface area (Å²) in [7, 11) is 0. The number of carboxylic acid groups (broad SMARTS) is 1. The highest BCUT2D eigenvalue weighted by atomic mass is 16.4. The number of carboxylic acids is 1. The highest BCUT2D eigenvalue weighted by Gasteiger charge is 2.39. The van der Waals surface area contributed by atoms with Crippen molar-refractivity contribution in [3.05, 3.63) is 35.9 Å². The molecule has 1 fully saturated rings. The molecule has 42 heavy (non-hydrogen) atoms. The average molecular weight is 593 g/mol. The minimum Gasteiger partial charge on any atom is -0.480 e. The molecule has 1 aliphatic heterocycles. The SMILES string of the molecule is NC(N)=NCCC[C@H](NC(=O)[C@@H](N)Cc1ccccc1)C(=O)N1CCC[C@H]1C(=O)N[C@@H](CO)C(=O)N[C@@H](CO)C(=O)O. The van der Waals surface area contributed by atoms with E-state index >= 15 is 0 Å². The number of rotatable bonds is 16. The van der Waals surface area contributed by atoms with Crippen LogP contribution in [-0.4, -0.2) is 112 Å². The van der Waals surface area contributed by atoms with E-state index < -0.39 is 73.0 Å². The molecular weight excluding hydrogens is 552 g/mol. The van der Waals surface area contributed by atoms with Crippen LogP contribution in [0.1, 0.15) is 31.2 Å². The lowest BCUT2D eigenvalue weighted by Crippen LogP contribution is -2.59. The molecule has 1 heterocycles. The van der Waals surface area contributed by atoms with Gasteiger partial charge in [0.15, 0.2) is 5.96 Å². The fourth-order valence-electron chi connectivity index (χ4n) is 4.42. The number of benzene rings is 1. The molecule has 16 heteroatoms. The molecule has 0 radical (unpaired) electrons. The van der Waals surface area contributed by atoms with Crippen LogP contribution >= 0.6 is 0 Å². The molecule has 16 nitrogen and oxygen atoms in total. The normalized spacial score (nSPS) is 17.3. The maximum Gasteiger partial charge on any atom is 0.328 e. The molecule has 5 atom stereocenters. The molecule has 1 saturated heterocycles. The third-order valence-corrected chi connectivity index (χ3v) is 6.65. The van der Waals surface area contributed by atoms with Crippen LogP contribution in [0.25, 0.3) is 0 Å². The van der Waals surface area contributed by atoms with Crippen molar-refractivity contribution in [1.82, 2.24) is 20.9 Å². The number of aliphatic hydroxyl groups excluding tert-OH is 2. The van der Waals surface area contributed by atoms with E-state index in [0.29, 0.717) is 12.8 Å². The number of amides is 4. The number of carbonyl (C=O) groups excluding carboxylic acids is 4. The van der Waals surface area contributed by atoms with Crippen LogP contribution in [0.2, 0.25) is 0 Å². The van der Waals surface area contributed by atoms with Crippen LogP contribution in [0.15, 0.2) is 35.3 Å². The summed E-state index contributed by atoms with van der Waals surface area (Å²) < 4.78 is 0. The van der Waals surface area contributed by atoms with Gasteiger partial charge in [0.25, 0.3) is 0 Å². The van der Waals surface area contributed by atoms with Crippen molar-refractivity contribution >= 4 is 35.6 Å². The van der Waals surface area contributed by atoms with Crippen LogP contribution in [0.5, 0.6) is 0 Å². The smallest absolute Gasteiger partial charge is 0.328 e. The van der Waals surface area contributed by atoms with Crippen LogP contribution in [0.3, 0.4) is 0 Å². The minimum absolute atomic E-state index is 0.126. The summed E-state index contributed by atoms with van der Waals surface area (Å²) in [5.41, 5.74) is 17.7. The van der Waals surface area contributed by atoms with Crippen molar-refractivity contribution in [2.45, 2.75) is 62.3 Å². The Morgan fingerprint density at radius 3 is 2.19 bits per heavy atom. The monoisotopic (exact) mass is 592 g/mol. The van der Waals surface area contributed by atoms with Gasteiger partial charge in [0.05, 0.1) is 19.3 Å². The van der Waals surface area contributed by atoms with Crippen LogP contribution < -0.4 is 33.2 Å². The van der Waals surface area contributed by atoms with Crippen molar-refractivity contribution in [3.8, 4) is 0 Å². The molecule has 1 aromatic carbocycles. The number of aliphatic imine (C=N–C) groups is 1. The van der Waals surface area contributed by atoms with Gasteiger partial charge in [0, 0.05) is 13.1 Å². The van der Waals surface area contributed by atoms with Gasteiger partial charge in [-0.3, -0.25) is 24.2 Å². The lowest BCUT2D eigenvalue weighted by molar-refractivity contribution is -0.144. The maximum atomic E-state index is 13.6. The minimum atomic E-state index is -1.63. The van der Waals surface area contributed by atoms with Crippen LogP contribution in [0, 0.1) is 0 Å². The molecule has 0 saturated carbocycles. The second-order valence-electron chi connectivity index (χ2n) is 9.82. The zero-order valence-corrected chi connectivity index (χ0v) is 23.1. The van der Waals surface area contributed by atoms with Gasteiger partial charge in [0.2, 0.25) is 23.6 Å². The van der Waals surface area contributed by atoms with E-state index in [4.69, 9.17) is 27.4 Å². The topological polar surface area (TPSA) is 276 Å². The first kappa shape index (κ1) is 33.9. The summed E-state index contributed by atoms with van der Waals surface area (Å²) in [5, 5.41) is 34.8. The van der Waals surface area contributed by atoms with Crippen molar-refractivity contribution in [1.29, 1.82) is 0 Å².